The Kier molecular flexibility index (Phi) is 4.84. The molecule has 3 heterocycles. The summed E-state index contributed by atoms with van der Waals surface area (Å²) in [5.74, 6) is 0.497. The van der Waals surface area contributed by atoms with Crippen LogP contribution in [0.1, 0.15) is 12.2 Å². The second-order valence-electron chi connectivity index (χ2n) is 6.97. The number of ether oxygens (including phenoxy) is 1. The molecule has 4 aromatic rings. The summed E-state index contributed by atoms with van der Waals surface area (Å²) in [6.45, 7) is 2.54. The Morgan fingerprint density at radius 3 is 2.37 bits per heavy atom. The number of hydrogen-bond donors (Lipinski definition) is 0. The van der Waals surface area contributed by atoms with Gasteiger partial charge in [-0.3, -0.25) is 4.57 Å². The van der Waals surface area contributed by atoms with Gasteiger partial charge in [-0.05, 0) is 12.1 Å². The van der Waals surface area contributed by atoms with E-state index in [0.717, 1.165) is 5.56 Å². The number of halogens is 2. The van der Waals surface area contributed by atoms with Crippen LogP contribution in [0.5, 0.6) is 0 Å². The van der Waals surface area contributed by atoms with Crippen LogP contribution in [0.15, 0.2) is 60.7 Å². The lowest BCUT2D eigenvalue weighted by Gasteiger charge is -2.28. The first kappa shape index (κ1) is 18.6. The highest BCUT2D eigenvalue weighted by Gasteiger charge is 2.23. The highest BCUT2D eigenvalue weighted by Crippen LogP contribution is 2.29. The molecule has 2 aromatic carbocycles. The van der Waals surface area contributed by atoms with Crippen LogP contribution in [0.3, 0.4) is 0 Å². The smallest absolute Gasteiger partial charge is 0.296 e. The first-order chi connectivity index (χ1) is 14.7. The van der Waals surface area contributed by atoms with Gasteiger partial charge in [-0.2, -0.15) is 4.98 Å². The van der Waals surface area contributed by atoms with Gasteiger partial charge in [0.1, 0.15) is 5.82 Å². The minimum Gasteiger partial charge on any atom is -0.378 e. The first-order valence-electron chi connectivity index (χ1n) is 9.74. The zero-order valence-corrected chi connectivity index (χ0v) is 16.1. The van der Waals surface area contributed by atoms with E-state index in [2.05, 4.69) is 19.9 Å². The van der Waals surface area contributed by atoms with Crippen molar-refractivity contribution < 1.29 is 13.5 Å². The predicted molar refractivity (Wildman–Crippen MR) is 110 cm³/mol. The van der Waals surface area contributed by atoms with Gasteiger partial charge in [0.15, 0.2) is 5.82 Å². The van der Waals surface area contributed by atoms with Crippen LogP contribution in [0.4, 0.5) is 14.6 Å². The number of aromatic nitrogens is 4. The molecule has 1 saturated heterocycles. The standard InChI is InChI=1S/C22H19F2N5O/c23-20(24)21-25-16-8-4-5-9-18(16)29(21)22-26-17(15-6-2-1-3-7-15)14-19(27-22)28-10-12-30-13-11-28/h1-9,14,20H,10-13H2. The van der Waals surface area contributed by atoms with Gasteiger partial charge >= 0.3 is 0 Å². The Hall–Kier alpha value is -3.39. The number of hydrogen-bond acceptors (Lipinski definition) is 5. The Morgan fingerprint density at radius 1 is 0.867 bits per heavy atom. The summed E-state index contributed by atoms with van der Waals surface area (Å²) in [7, 11) is 0. The number of rotatable bonds is 4. The van der Waals surface area contributed by atoms with Crippen molar-refractivity contribution in [2.75, 3.05) is 31.2 Å². The van der Waals surface area contributed by atoms with Crippen molar-refractivity contribution in [1.82, 2.24) is 19.5 Å². The molecule has 2 aromatic heterocycles. The molecular formula is C22H19F2N5O. The second-order valence-corrected chi connectivity index (χ2v) is 6.97. The van der Waals surface area contributed by atoms with Crippen LogP contribution < -0.4 is 4.90 Å². The number of anilines is 1. The molecule has 0 amide bonds. The molecule has 0 radical (unpaired) electrons. The zero-order chi connectivity index (χ0) is 20.5. The van der Waals surface area contributed by atoms with E-state index in [4.69, 9.17) is 4.74 Å². The Balaban J connectivity index is 1.74. The van der Waals surface area contributed by atoms with Crippen molar-refractivity contribution in [2.24, 2.45) is 0 Å². The molecule has 8 heteroatoms. The molecular weight excluding hydrogens is 388 g/mol. The maximum atomic E-state index is 13.9. The summed E-state index contributed by atoms with van der Waals surface area (Å²) in [5.41, 5.74) is 2.58. The molecule has 0 aliphatic carbocycles. The number of nitrogens with zero attached hydrogens (tertiary/aromatic N) is 5. The number of para-hydroxylation sites is 2. The number of imidazole rings is 1. The van der Waals surface area contributed by atoms with Crippen LogP contribution in [-0.4, -0.2) is 45.8 Å². The van der Waals surface area contributed by atoms with E-state index in [9.17, 15) is 8.78 Å². The fourth-order valence-corrected chi connectivity index (χ4v) is 3.63. The zero-order valence-electron chi connectivity index (χ0n) is 16.1. The van der Waals surface area contributed by atoms with E-state index >= 15 is 0 Å². The fourth-order valence-electron chi connectivity index (χ4n) is 3.63. The van der Waals surface area contributed by atoms with Crippen molar-refractivity contribution in [1.29, 1.82) is 0 Å². The summed E-state index contributed by atoms with van der Waals surface area (Å²) in [6.07, 6.45) is -2.76. The van der Waals surface area contributed by atoms with E-state index in [0.29, 0.717) is 48.8 Å². The summed E-state index contributed by atoms with van der Waals surface area (Å²) in [5, 5.41) is 0. The first-order valence-corrected chi connectivity index (χ1v) is 9.74. The molecule has 6 nitrogen and oxygen atoms in total. The summed E-state index contributed by atoms with van der Waals surface area (Å²) >= 11 is 0. The third-order valence-corrected chi connectivity index (χ3v) is 5.09. The van der Waals surface area contributed by atoms with Gasteiger partial charge in [0.2, 0.25) is 5.95 Å². The highest BCUT2D eigenvalue weighted by atomic mass is 19.3. The minimum atomic E-state index is -2.76. The topological polar surface area (TPSA) is 56.1 Å². The number of benzene rings is 2. The lowest BCUT2D eigenvalue weighted by Crippen LogP contribution is -2.37. The Labute approximate surface area is 171 Å². The molecule has 152 valence electrons. The Bertz CT molecular complexity index is 1170. The van der Waals surface area contributed by atoms with Crippen LogP contribution in [-0.2, 0) is 4.74 Å². The van der Waals surface area contributed by atoms with Crippen molar-refractivity contribution in [3.05, 3.63) is 66.5 Å². The normalized spacial score (nSPS) is 14.6. The summed E-state index contributed by atoms with van der Waals surface area (Å²) < 4.78 is 34.5. The fraction of sp³-hybridized carbons (Fsp3) is 0.227. The molecule has 0 atom stereocenters. The van der Waals surface area contributed by atoms with Crippen LogP contribution in [0.2, 0.25) is 0 Å². The van der Waals surface area contributed by atoms with Gasteiger partial charge in [0, 0.05) is 24.7 Å². The predicted octanol–water partition coefficient (Wildman–Crippen LogP) is 4.26. The van der Waals surface area contributed by atoms with Crippen LogP contribution in [0, 0.1) is 0 Å². The van der Waals surface area contributed by atoms with Gasteiger partial charge in [-0.1, -0.05) is 42.5 Å². The SMILES string of the molecule is FC(F)c1nc2ccccc2n1-c1nc(-c2ccccc2)cc(N2CCOCC2)n1. The van der Waals surface area contributed by atoms with E-state index in [1.54, 1.807) is 24.3 Å². The molecule has 0 bridgehead atoms. The van der Waals surface area contributed by atoms with Crippen molar-refractivity contribution in [2.45, 2.75) is 6.43 Å². The van der Waals surface area contributed by atoms with E-state index < -0.39 is 6.43 Å². The average Bonchev–Trinajstić information content (AvgIpc) is 3.20. The molecule has 1 aliphatic rings. The molecule has 30 heavy (non-hydrogen) atoms. The van der Waals surface area contributed by atoms with Gasteiger partial charge in [-0.15, -0.1) is 0 Å². The molecule has 1 fully saturated rings. The molecule has 1 aliphatic heterocycles. The highest BCUT2D eigenvalue weighted by molar-refractivity contribution is 5.78. The van der Waals surface area contributed by atoms with Gasteiger partial charge in [0.25, 0.3) is 6.43 Å². The third kappa shape index (κ3) is 3.39. The lowest BCUT2D eigenvalue weighted by molar-refractivity contribution is 0.122. The van der Waals surface area contributed by atoms with Gasteiger partial charge < -0.3 is 9.64 Å². The second kappa shape index (κ2) is 7.79. The minimum absolute atomic E-state index is 0.182. The van der Waals surface area contributed by atoms with E-state index in [1.807, 2.05) is 36.4 Å². The summed E-state index contributed by atoms with van der Waals surface area (Å²) in [4.78, 5) is 15.5. The maximum Gasteiger partial charge on any atom is 0.296 e. The lowest BCUT2D eigenvalue weighted by atomic mass is 10.1. The maximum absolute atomic E-state index is 13.9. The van der Waals surface area contributed by atoms with E-state index in [-0.39, 0.29) is 11.8 Å². The molecule has 0 saturated carbocycles. The molecule has 0 unspecified atom stereocenters. The largest absolute Gasteiger partial charge is 0.378 e. The van der Waals surface area contributed by atoms with Crippen molar-refractivity contribution >= 4 is 16.9 Å². The third-order valence-electron chi connectivity index (χ3n) is 5.09. The van der Waals surface area contributed by atoms with Crippen molar-refractivity contribution in [3.63, 3.8) is 0 Å². The van der Waals surface area contributed by atoms with Gasteiger partial charge in [-0.25, -0.2) is 18.7 Å². The monoisotopic (exact) mass is 407 g/mol. The van der Waals surface area contributed by atoms with Crippen molar-refractivity contribution in [3.8, 4) is 17.2 Å². The van der Waals surface area contributed by atoms with E-state index in [1.165, 1.54) is 4.57 Å². The number of fused-ring (bicyclic) bond motifs is 1. The van der Waals surface area contributed by atoms with Crippen LogP contribution in [0.25, 0.3) is 28.2 Å². The summed E-state index contributed by atoms with van der Waals surface area (Å²) in [6, 6.07) is 18.6. The number of alkyl halides is 2. The quantitative estimate of drug-likeness (QED) is 0.506. The molecule has 0 N–H and O–H groups in total. The Morgan fingerprint density at radius 2 is 1.60 bits per heavy atom. The van der Waals surface area contributed by atoms with Crippen LogP contribution >= 0.6 is 0 Å². The number of morpholine rings is 1. The average molecular weight is 407 g/mol. The molecule has 0 spiro atoms. The van der Waals surface area contributed by atoms with Gasteiger partial charge in [0.05, 0.1) is 29.9 Å². The molecule has 5 rings (SSSR count).